The number of hydrogen-bond acceptors (Lipinski definition) is 3. The minimum atomic E-state index is 0.293. The largest absolute Gasteiger partial charge is 0.494 e. The molecule has 1 radical (unpaired) electrons. The summed E-state index contributed by atoms with van der Waals surface area (Å²) >= 11 is 0. The van der Waals surface area contributed by atoms with Gasteiger partial charge in [-0.2, -0.15) is 5.26 Å². The lowest BCUT2D eigenvalue weighted by atomic mass is 10.3. The van der Waals surface area contributed by atoms with Crippen molar-refractivity contribution in [2.24, 2.45) is 0 Å². The predicted molar refractivity (Wildman–Crippen MR) is 34.3 cm³/mol. The fraction of sp³-hybridized carbons (Fsp3) is 0.143. The third-order valence-corrected chi connectivity index (χ3v) is 1.04. The number of ether oxygens (including phenoxy) is 1. The Kier molecular flexibility index (Phi) is 1.86. The normalized spacial score (nSPS) is 8.40. The molecule has 0 saturated carbocycles. The van der Waals surface area contributed by atoms with Gasteiger partial charge in [-0.15, -0.1) is 0 Å². The van der Waals surface area contributed by atoms with E-state index in [2.05, 4.69) is 11.1 Å². The van der Waals surface area contributed by atoms with E-state index in [1.54, 1.807) is 6.07 Å². The molecule has 1 aromatic heterocycles. The molecule has 1 heterocycles. The molecule has 0 bridgehead atoms. The number of rotatable bonds is 1. The topological polar surface area (TPSA) is 45.9 Å². The average molecular weight is 133 g/mol. The van der Waals surface area contributed by atoms with E-state index in [0.717, 1.165) is 0 Å². The number of nitrogens with zero attached hydrogens (tertiary/aromatic N) is 2. The Bertz CT molecular complexity index is 265. The zero-order chi connectivity index (χ0) is 7.40. The van der Waals surface area contributed by atoms with Crippen LogP contribution >= 0.6 is 0 Å². The van der Waals surface area contributed by atoms with Crippen molar-refractivity contribution in [2.75, 3.05) is 7.11 Å². The van der Waals surface area contributed by atoms with Crippen molar-refractivity contribution in [2.45, 2.75) is 0 Å². The molecule has 3 nitrogen and oxygen atoms in total. The highest BCUT2D eigenvalue weighted by Crippen LogP contribution is 2.11. The van der Waals surface area contributed by atoms with Gasteiger partial charge in [-0.05, 0) is 6.07 Å². The van der Waals surface area contributed by atoms with Crippen LogP contribution in [0.5, 0.6) is 5.75 Å². The number of aromatic nitrogens is 1. The van der Waals surface area contributed by atoms with Crippen molar-refractivity contribution >= 4 is 0 Å². The van der Waals surface area contributed by atoms with Crippen LogP contribution in [0.2, 0.25) is 0 Å². The summed E-state index contributed by atoms with van der Waals surface area (Å²) < 4.78 is 4.82. The molecule has 0 atom stereocenters. The van der Waals surface area contributed by atoms with Crippen LogP contribution in [0.15, 0.2) is 12.3 Å². The lowest BCUT2D eigenvalue weighted by Crippen LogP contribution is -1.89. The highest BCUT2D eigenvalue weighted by atomic mass is 16.5. The van der Waals surface area contributed by atoms with E-state index in [0.29, 0.717) is 11.4 Å². The maximum atomic E-state index is 8.44. The summed E-state index contributed by atoms with van der Waals surface area (Å²) in [5, 5.41) is 8.44. The third kappa shape index (κ3) is 1.06. The van der Waals surface area contributed by atoms with Crippen LogP contribution in [-0.4, -0.2) is 12.1 Å². The van der Waals surface area contributed by atoms with Crippen molar-refractivity contribution in [3.05, 3.63) is 24.0 Å². The average Bonchev–Trinajstić information content (AvgIpc) is 2.04. The molecule has 0 fully saturated rings. The van der Waals surface area contributed by atoms with Gasteiger partial charge in [0.1, 0.15) is 6.07 Å². The van der Waals surface area contributed by atoms with Crippen molar-refractivity contribution < 1.29 is 4.74 Å². The van der Waals surface area contributed by atoms with Crippen molar-refractivity contribution in [3.63, 3.8) is 0 Å². The minimum Gasteiger partial charge on any atom is -0.494 e. The smallest absolute Gasteiger partial charge is 0.182 e. The fourth-order valence-electron chi connectivity index (χ4n) is 0.586. The molecule has 0 spiro atoms. The Balaban J connectivity index is 3.12. The van der Waals surface area contributed by atoms with Crippen molar-refractivity contribution in [1.82, 2.24) is 4.98 Å². The zero-order valence-corrected chi connectivity index (χ0v) is 5.46. The van der Waals surface area contributed by atoms with Gasteiger partial charge >= 0.3 is 0 Å². The first-order chi connectivity index (χ1) is 4.88. The molecule has 0 unspecified atom stereocenters. The molecule has 0 aliphatic heterocycles. The molecule has 0 N–H and O–H groups in total. The summed E-state index contributed by atoms with van der Waals surface area (Å²) in [4.78, 5) is 3.73. The molecule has 1 aromatic rings. The van der Waals surface area contributed by atoms with Crippen LogP contribution in [0.4, 0.5) is 0 Å². The summed E-state index contributed by atoms with van der Waals surface area (Å²) in [5.41, 5.74) is 0.293. The van der Waals surface area contributed by atoms with E-state index >= 15 is 0 Å². The summed E-state index contributed by atoms with van der Waals surface area (Å²) in [7, 11) is 1.49. The third-order valence-electron chi connectivity index (χ3n) is 1.04. The quantitative estimate of drug-likeness (QED) is 0.568. The van der Waals surface area contributed by atoms with E-state index in [-0.39, 0.29) is 0 Å². The maximum absolute atomic E-state index is 8.44. The van der Waals surface area contributed by atoms with Gasteiger partial charge in [0.2, 0.25) is 0 Å². The number of nitriles is 1. The Morgan fingerprint density at radius 3 is 3.10 bits per heavy atom. The Morgan fingerprint density at radius 2 is 2.60 bits per heavy atom. The van der Waals surface area contributed by atoms with Crippen LogP contribution in [0, 0.1) is 17.4 Å². The Labute approximate surface area is 58.9 Å². The molecule has 49 valence electrons. The van der Waals surface area contributed by atoms with E-state index < -0.39 is 0 Å². The molecule has 0 aliphatic rings. The first-order valence-electron chi connectivity index (χ1n) is 2.68. The number of hydrogen-bond donors (Lipinski definition) is 0. The van der Waals surface area contributed by atoms with Crippen LogP contribution in [-0.2, 0) is 0 Å². The number of methoxy groups -OCH3 is 1. The first kappa shape index (κ1) is 6.56. The van der Waals surface area contributed by atoms with Gasteiger partial charge in [0.15, 0.2) is 11.4 Å². The molecule has 0 aliphatic carbocycles. The van der Waals surface area contributed by atoms with Crippen molar-refractivity contribution in [3.8, 4) is 11.8 Å². The van der Waals surface area contributed by atoms with E-state index in [1.807, 2.05) is 6.07 Å². The van der Waals surface area contributed by atoms with Gasteiger partial charge in [0.25, 0.3) is 0 Å². The van der Waals surface area contributed by atoms with Gasteiger partial charge in [-0.1, -0.05) is 0 Å². The van der Waals surface area contributed by atoms with E-state index in [1.165, 1.54) is 13.3 Å². The Hall–Kier alpha value is -1.56. The second-order valence-corrected chi connectivity index (χ2v) is 1.60. The van der Waals surface area contributed by atoms with E-state index in [9.17, 15) is 0 Å². The first-order valence-corrected chi connectivity index (χ1v) is 2.68. The highest BCUT2D eigenvalue weighted by Gasteiger charge is 1.98. The second kappa shape index (κ2) is 2.83. The minimum absolute atomic E-state index is 0.293. The number of pyridine rings is 1. The van der Waals surface area contributed by atoms with Crippen LogP contribution < -0.4 is 4.74 Å². The van der Waals surface area contributed by atoms with Gasteiger partial charge in [-0.3, -0.25) is 0 Å². The molecule has 1 rings (SSSR count). The van der Waals surface area contributed by atoms with Crippen LogP contribution in [0.1, 0.15) is 5.69 Å². The zero-order valence-electron chi connectivity index (χ0n) is 5.46. The van der Waals surface area contributed by atoms with Crippen LogP contribution in [0.25, 0.3) is 0 Å². The summed E-state index contributed by atoms with van der Waals surface area (Å²) in [6, 6.07) is 6.16. The standard InChI is InChI=1S/C7H5N2O/c1-10-7-3-2-4-9-6(7)5-8/h3-4H,1H3. The lowest BCUT2D eigenvalue weighted by Gasteiger charge is -1.97. The molecule has 0 saturated heterocycles. The molecule has 0 amide bonds. The highest BCUT2D eigenvalue weighted by molar-refractivity contribution is 5.35. The summed E-state index contributed by atoms with van der Waals surface area (Å²) in [6.45, 7) is 0. The lowest BCUT2D eigenvalue weighted by molar-refractivity contribution is 0.411. The maximum Gasteiger partial charge on any atom is 0.182 e. The molecule has 0 aromatic carbocycles. The summed E-state index contributed by atoms with van der Waals surface area (Å²) in [5.74, 6) is 0.463. The summed E-state index contributed by atoms with van der Waals surface area (Å²) in [6.07, 6.45) is 1.43. The van der Waals surface area contributed by atoms with E-state index in [4.69, 9.17) is 10.00 Å². The monoisotopic (exact) mass is 133 g/mol. The SMILES string of the molecule is COc1c[c]cnc1C#N. The molecule has 3 heteroatoms. The van der Waals surface area contributed by atoms with Crippen LogP contribution in [0.3, 0.4) is 0 Å². The molecular weight excluding hydrogens is 128 g/mol. The fourth-order valence-corrected chi connectivity index (χ4v) is 0.586. The molecule has 10 heavy (non-hydrogen) atoms. The van der Waals surface area contributed by atoms with Gasteiger partial charge in [0.05, 0.1) is 7.11 Å². The predicted octanol–water partition coefficient (Wildman–Crippen LogP) is 0.762. The van der Waals surface area contributed by atoms with Crippen molar-refractivity contribution in [1.29, 1.82) is 5.26 Å². The second-order valence-electron chi connectivity index (χ2n) is 1.60. The molecular formula is C7H5N2O. The van der Waals surface area contributed by atoms with Gasteiger partial charge in [-0.25, -0.2) is 4.98 Å². The van der Waals surface area contributed by atoms with Gasteiger partial charge in [0, 0.05) is 12.3 Å². The van der Waals surface area contributed by atoms with Gasteiger partial charge < -0.3 is 4.74 Å². The Morgan fingerprint density at radius 1 is 1.80 bits per heavy atom.